The minimum absolute atomic E-state index is 0.0328. The number of benzene rings is 2. The summed E-state index contributed by atoms with van der Waals surface area (Å²) in [6.45, 7) is 9.53. The van der Waals surface area contributed by atoms with E-state index in [0.29, 0.717) is 17.5 Å². The first-order chi connectivity index (χ1) is 14.2. The highest BCUT2D eigenvalue weighted by atomic mass is 35.5. The number of hydrogen-bond acceptors (Lipinski definition) is 4. The van der Waals surface area contributed by atoms with E-state index in [9.17, 15) is 4.79 Å². The van der Waals surface area contributed by atoms with Crippen molar-refractivity contribution in [1.29, 1.82) is 0 Å². The van der Waals surface area contributed by atoms with Crippen molar-refractivity contribution in [1.82, 2.24) is 14.8 Å². The first-order valence-electron chi connectivity index (χ1n) is 9.88. The van der Waals surface area contributed by atoms with Gasteiger partial charge in [0.1, 0.15) is 0 Å². The van der Waals surface area contributed by atoms with Crippen LogP contribution in [-0.4, -0.2) is 32.7 Å². The van der Waals surface area contributed by atoms with Crippen molar-refractivity contribution < 1.29 is 9.53 Å². The number of aryl methyl sites for hydroxylation is 1. The van der Waals surface area contributed by atoms with Gasteiger partial charge in [-0.25, -0.2) is 4.68 Å². The average molecular weight is 427 g/mol. The number of ether oxygens (including phenoxy) is 1. The van der Waals surface area contributed by atoms with Crippen LogP contribution in [0.5, 0.6) is 6.01 Å². The maximum Gasteiger partial charge on any atom is 0.336 e. The zero-order valence-electron chi connectivity index (χ0n) is 17.9. The summed E-state index contributed by atoms with van der Waals surface area (Å²) in [7, 11) is 0. The van der Waals surface area contributed by atoms with Crippen molar-refractivity contribution in [3.05, 3.63) is 54.1 Å². The number of carbonyl (C=O) groups is 1. The largest absolute Gasteiger partial charge is 0.460 e. The number of hydrogen-bond donors (Lipinski definition) is 1. The Morgan fingerprint density at radius 1 is 1.13 bits per heavy atom. The van der Waals surface area contributed by atoms with E-state index in [0.717, 1.165) is 11.3 Å². The molecular formula is C23H27ClN4O2. The Labute approximate surface area is 182 Å². The van der Waals surface area contributed by atoms with Crippen LogP contribution >= 0.6 is 11.6 Å². The highest BCUT2D eigenvalue weighted by Gasteiger charge is 2.26. The van der Waals surface area contributed by atoms with Gasteiger partial charge in [-0.2, -0.15) is 4.98 Å². The molecule has 1 aromatic heterocycles. The quantitative estimate of drug-likeness (QED) is 0.525. The molecule has 158 valence electrons. The van der Waals surface area contributed by atoms with Crippen LogP contribution in [0.1, 0.15) is 33.3 Å². The predicted molar refractivity (Wildman–Crippen MR) is 120 cm³/mol. The molecular weight excluding hydrogens is 400 g/mol. The predicted octanol–water partition coefficient (Wildman–Crippen LogP) is 5.23. The van der Waals surface area contributed by atoms with Crippen LogP contribution in [0.25, 0.3) is 17.1 Å². The fourth-order valence-corrected chi connectivity index (χ4v) is 2.79. The minimum atomic E-state index is -0.645. The molecule has 1 amide bonds. The van der Waals surface area contributed by atoms with Gasteiger partial charge in [0.15, 0.2) is 5.82 Å². The lowest BCUT2D eigenvalue weighted by Crippen LogP contribution is -2.32. The summed E-state index contributed by atoms with van der Waals surface area (Å²) < 4.78 is 7.46. The van der Waals surface area contributed by atoms with Gasteiger partial charge in [-0.1, -0.05) is 29.8 Å². The van der Waals surface area contributed by atoms with Crippen molar-refractivity contribution >= 4 is 23.2 Å². The molecule has 0 spiro atoms. The van der Waals surface area contributed by atoms with Crippen molar-refractivity contribution in [2.75, 3.05) is 11.2 Å². The molecule has 0 unspecified atom stereocenters. The number of halogens is 1. The van der Waals surface area contributed by atoms with Gasteiger partial charge in [0.05, 0.1) is 17.2 Å². The molecule has 0 fully saturated rings. The Kier molecular flexibility index (Phi) is 6.46. The van der Waals surface area contributed by atoms with Crippen molar-refractivity contribution in [2.45, 2.75) is 40.7 Å². The zero-order chi connectivity index (χ0) is 21.9. The molecule has 1 N–H and O–H groups in total. The zero-order valence-corrected chi connectivity index (χ0v) is 18.7. The first-order valence-corrected chi connectivity index (χ1v) is 10.4. The molecule has 3 aromatic rings. The highest BCUT2D eigenvalue weighted by Crippen LogP contribution is 2.26. The van der Waals surface area contributed by atoms with Gasteiger partial charge >= 0.3 is 6.01 Å². The Hall–Kier alpha value is -2.86. The van der Waals surface area contributed by atoms with Crippen LogP contribution in [0.2, 0.25) is 0 Å². The van der Waals surface area contributed by atoms with Crippen LogP contribution in [0.15, 0.2) is 48.5 Å². The summed E-state index contributed by atoms with van der Waals surface area (Å²) in [6.07, 6.45) is -0.0328. The van der Waals surface area contributed by atoms with Crippen LogP contribution in [-0.2, 0) is 4.79 Å². The molecule has 0 radical (unpaired) electrons. The normalized spacial score (nSPS) is 11.6. The molecule has 30 heavy (non-hydrogen) atoms. The van der Waals surface area contributed by atoms with Gasteiger partial charge < -0.3 is 10.1 Å². The van der Waals surface area contributed by atoms with E-state index in [1.807, 2.05) is 83.1 Å². The Morgan fingerprint density at radius 2 is 1.77 bits per heavy atom. The first kappa shape index (κ1) is 21.8. The van der Waals surface area contributed by atoms with Crippen molar-refractivity contribution in [2.24, 2.45) is 5.41 Å². The van der Waals surface area contributed by atoms with Gasteiger partial charge in [0, 0.05) is 17.1 Å². The second-order valence-electron chi connectivity index (χ2n) is 8.18. The number of rotatable bonds is 7. The standard InChI is InChI=1S/C23H27ClN4O2/c1-15(2)30-22-26-20(17-8-6-16(3)7-9-17)28(27-22)19-12-10-18(11-13-19)25-21(29)23(4,5)14-24/h6-13,15H,14H2,1-5H3,(H,25,29). The van der Waals surface area contributed by atoms with Gasteiger partial charge in [-0.05, 0) is 58.9 Å². The molecule has 6 nitrogen and oxygen atoms in total. The molecule has 0 aliphatic rings. The van der Waals surface area contributed by atoms with Crippen LogP contribution < -0.4 is 10.1 Å². The summed E-state index contributed by atoms with van der Waals surface area (Å²) in [5.74, 6) is 0.804. The molecule has 0 atom stereocenters. The Bertz CT molecular complexity index is 1010. The van der Waals surface area contributed by atoms with E-state index in [1.54, 1.807) is 4.68 Å². The lowest BCUT2D eigenvalue weighted by Gasteiger charge is -2.20. The van der Waals surface area contributed by atoms with E-state index >= 15 is 0 Å². The number of amides is 1. The topological polar surface area (TPSA) is 69.0 Å². The molecule has 2 aromatic carbocycles. The number of nitrogens with one attached hydrogen (secondary N) is 1. The number of carbonyl (C=O) groups excluding carboxylic acids is 1. The Morgan fingerprint density at radius 3 is 2.33 bits per heavy atom. The molecule has 3 rings (SSSR count). The molecule has 0 saturated heterocycles. The lowest BCUT2D eigenvalue weighted by molar-refractivity contribution is -0.122. The van der Waals surface area contributed by atoms with Gasteiger partial charge in [-0.15, -0.1) is 16.7 Å². The third-order valence-electron chi connectivity index (χ3n) is 4.56. The molecule has 7 heteroatoms. The van der Waals surface area contributed by atoms with E-state index in [4.69, 9.17) is 16.3 Å². The second-order valence-corrected chi connectivity index (χ2v) is 8.45. The summed E-state index contributed by atoms with van der Waals surface area (Å²) in [6, 6.07) is 15.9. The van der Waals surface area contributed by atoms with E-state index in [2.05, 4.69) is 15.4 Å². The highest BCUT2D eigenvalue weighted by molar-refractivity contribution is 6.20. The van der Waals surface area contributed by atoms with E-state index < -0.39 is 5.41 Å². The molecule has 0 bridgehead atoms. The molecule has 0 aliphatic heterocycles. The van der Waals surface area contributed by atoms with Crippen molar-refractivity contribution in [3.63, 3.8) is 0 Å². The summed E-state index contributed by atoms with van der Waals surface area (Å²) in [5.41, 5.74) is 2.97. The van der Waals surface area contributed by atoms with Crippen molar-refractivity contribution in [3.8, 4) is 23.1 Å². The third kappa shape index (κ3) is 5.00. The van der Waals surface area contributed by atoms with E-state index in [-0.39, 0.29) is 17.9 Å². The monoisotopic (exact) mass is 426 g/mol. The van der Waals surface area contributed by atoms with Crippen LogP contribution in [0.4, 0.5) is 5.69 Å². The van der Waals surface area contributed by atoms with Crippen LogP contribution in [0, 0.1) is 12.3 Å². The molecule has 0 saturated carbocycles. The fourth-order valence-electron chi connectivity index (χ4n) is 2.67. The second kappa shape index (κ2) is 8.88. The SMILES string of the molecule is Cc1ccc(-c2nc(OC(C)C)nn2-c2ccc(NC(=O)C(C)(C)CCl)cc2)cc1. The molecule has 1 heterocycles. The number of nitrogens with zero attached hydrogens (tertiary/aromatic N) is 3. The maximum absolute atomic E-state index is 12.4. The number of anilines is 1. The van der Waals surface area contributed by atoms with Gasteiger partial charge in [-0.3, -0.25) is 4.79 Å². The lowest BCUT2D eigenvalue weighted by atomic mass is 9.95. The average Bonchev–Trinajstić information content (AvgIpc) is 3.12. The van der Waals surface area contributed by atoms with Gasteiger partial charge in [0.2, 0.25) is 5.91 Å². The third-order valence-corrected chi connectivity index (χ3v) is 5.23. The summed E-state index contributed by atoms with van der Waals surface area (Å²) >= 11 is 5.89. The maximum atomic E-state index is 12.4. The summed E-state index contributed by atoms with van der Waals surface area (Å²) in [4.78, 5) is 16.9. The smallest absolute Gasteiger partial charge is 0.336 e. The number of aromatic nitrogens is 3. The van der Waals surface area contributed by atoms with Crippen LogP contribution in [0.3, 0.4) is 0 Å². The fraction of sp³-hybridized carbons (Fsp3) is 0.348. The summed E-state index contributed by atoms with van der Waals surface area (Å²) in [5, 5.41) is 7.44. The molecule has 0 aliphatic carbocycles. The van der Waals surface area contributed by atoms with E-state index in [1.165, 1.54) is 5.56 Å². The Balaban J connectivity index is 1.93. The number of alkyl halides is 1. The van der Waals surface area contributed by atoms with Gasteiger partial charge in [0.25, 0.3) is 0 Å². The minimum Gasteiger partial charge on any atom is -0.460 e.